The molecule has 2 aromatic carbocycles. The monoisotopic (exact) mass is 444 g/mol. The summed E-state index contributed by atoms with van der Waals surface area (Å²) in [5.41, 5.74) is -0.150. The zero-order chi connectivity index (χ0) is 23.0. The summed E-state index contributed by atoms with van der Waals surface area (Å²) < 4.78 is 54.1. The molecule has 0 N–H and O–H groups in total. The summed E-state index contributed by atoms with van der Waals surface area (Å²) in [6.45, 7) is 10.0. The Labute approximate surface area is 180 Å². The highest BCUT2D eigenvalue weighted by atomic mass is 28.4. The Bertz CT molecular complexity index is 1170. The number of benzene rings is 2. The summed E-state index contributed by atoms with van der Waals surface area (Å²) >= 11 is 0. The molecule has 0 fully saturated rings. The first-order valence-electron chi connectivity index (χ1n) is 9.72. The molecule has 1 aromatic heterocycles. The Morgan fingerprint density at radius 1 is 1.06 bits per heavy atom. The molecule has 162 valence electrons. The fourth-order valence-electron chi connectivity index (χ4n) is 2.79. The Balaban J connectivity index is 2.00. The van der Waals surface area contributed by atoms with E-state index in [-0.39, 0.29) is 27.6 Å². The minimum Gasteiger partial charge on any atom is -0.455 e. The van der Waals surface area contributed by atoms with Gasteiger partial charge in [-0.1, -0.05) is 26.8 Å². The number of aromatic nitrogens is 1. The van der Waals surface area contributed by atoms with Crippen molar-refractivity contribution in [2.75, 3.05) is 0 Å². The molecule has 0 bridgehead atoms. The summed E-state index contributed by atoms with van der Waals surface area (Å²) in [4.78, 5) is 3.92. The highest BCUT2D eigenvalue weighted by Gasteiger charge is 2.40. The van der Waals surface area contributed by atoms with E-state index in [0.29, 0.717) is 5.39 Å². The van der Waals surface area contributed by atoms with E-state index >= 15 is 0 Å². The van der Waals surface area contributed by atoms with Gasteiger partial charge in [-0.15, -0.1) is 0 Å². The lowest BCUT2D eigenvalue weighted by atomic mass is 10.1. The summed E-state index contributed by atoms with van der Waals surface area (Å²) in [6, 6.07) is 10.1. The van der Waals surface area contributed by atoms with Crippen LogP contribution in [0.2, 0.25) is 18.1 Å². The number of nitriles is 1. The standard InChI is InChI=1S/C23H23F3N2O2Si/c1-23(2,3)31(4,5)30-19(12-27)20-16(24)7-6-8-18(20)29-15-11-14-9-10-17(25)21(26)22(14)28-13-15/h6-11,13,19H,1-5H3. The van der Waals surface area contributed by atoms with Crippen LogP contribution in [0.3, 0.4) is 0 Å². The summed E-state index contributed by atoms with van der Waals surface area (Å²) in [5, 5.41) is 9.90. The van der Waals surface area contributed by atoms with Crippen LogP contribution in [-0.2, 0) is 4.43 Å². The van der Waals surface area contributed by atoms with Gasteiger partial charge in [0.15, 0.2) is 26.1 Å². The maximum atomic E-state index is 14.8. The van der Waals surface area contributed by atoms with Crippen LogP contribution in [0.1, 0.15) is 32.4 Å². The Hall–Kier alpha value is -2.89. The van der Waals surface area contributed by atoms with Gasteiger partial charge in [-0.05, 0) is 48.5 Å². The molecule has 1 atom stereocenters. The fraction of sp³-hybridized carbons (Fsp3) is 0.304. The molecule has 31 heavy (non-hydrogen) atoms. The van der Waals surface area contributed by atoms with Gasteiger partial charge >= 0.3 is 0 Å². The lowest BCUT2D eigenvalue weighted by Crippen LogP contribution is -2.41. The van der Waals surface area contributed by atoms with E-state index in [2.05, 4.69) is 4.98 Å². The minimum absolute atomic E-state index is 0.0137. The number of rotatable bonds is 5. The number of pyridine rings is 1. The third-order valence-electron chi connectivity index (χ3n) is 5.56. The van der Waals surface area contributed by atoms with E-state index in [1.165, 1.54) is 36.5 Å². The van der Waals surface area contributed by atoms with Crippen molar-refractivity contribution in [3.63, 3.8) is 0 Å². The van der Waals surface area contributed by atoms with Gasteiger partial charge in [-0.25, -0.2) is 18.2 Å². The average Bonchev–Trinajstić information content (AvgIpc) is 2.69. The zero-order valence-electron chi connectivity index (χ0n) is 18.0. The molecule has 3 rings (SSSR count). The van der Waals surface area contributed by atoms with Crippen molar-refractivity contribution in [2.24, 2.45) is 0 Å². The van der Waals surface area contributed by atoms with Gasteiger partial charge in [0.05, 0.1) is 17.8 Å². The maximum absolute atomic E-state index is 14.8. The van der Waals surface area contributed by atoms with Crippen LogP contribution < -0.4 is 4.74 Å². The first-order valence-corrected chi connectivity index (χ1v) is 12.6. The quantitative estimate of drug-likeness (QED) is 0.396. The summed E-state index contributed by atoms with van der Waals surface area (Å²) in [6.07, 6.45) is 0.0485. The molecular weight excluding hydrogens is 421 g/mol. The van der Waals surface area contributed by atoms with Gasteiger partial charge in [0.2, 0.25) is 0 Å². The fourth-order valence-corrected chi connectivity index (χ4v) is 3.90. The first-order chi connectivity index (χ1) is 14.4. The second kappa shape index (κ2) is 8.33. The summed E-state index contributed by atoms with van der Waals surface area (Å²) in [5.74, 6) is -2.41. The Kier molecular flexibility index (Phi) is 6.12. The molecule has 0 amide bonds. The molecule has 8 heteroatoms. The van der Waals surface area contributed by atoms with E-state index in [4.69, 9.17) is 9.16 Å². The SMILES string of the molecule is CC(C)(C)[Si](C)(C)OC(C#N)c1c(F)cccc1Oc1cnc2c(F)c(F)ccc2c1. The predicted molar refractivity (Wildman–Crippen MR) is 115 cm³/mol. The molecule has 4 nitrogen and oxygen atoms in total. The van der Waals surface area contributed by atoms with Crippen molar-refractivity contribution in [1.29, 1.82) is 5.26 Å². The van der Waals surface area contributed by atoms with Crippen LogP contribution in [0, 0.1) is 28.8 Å². The molecule has 0 aliphatic rings. The maximum Gasteiger partial charge on any atom is 0.194 e. The molecule has 3 aromatic rings. The molecule has 0 saturated carbocycles. The number of nitrogens with zero attached hydrogens (tertiary/aromatic N) is 2. The van der Waals surface area contributed by atoms with Crippen molar-refractivity contribution in [3.8, 4) is 17.6 Å². The smallest absolute Gasteiger partial charge is 0.194 e. The number of halogens is 3. The highest BCUT2D eigenvalue weighted by Crippen LogP contribution is 2.42. The zero-order valence-corrected chi connectivity index (χ0v) is 19.0. The largest absolute Gasteiger partial charge is 0.455 e. The van der Waals surface area contributed by atoms with Gasteiger partial charge in [0, 0.05) is 5.39 Å². The molecule has 0 aliphatic heterocycles. The van der Waals surface area contributed by atoms with Crippen molar-refractivity contribution < 1.29 is 22.3 Å². The van der Waals surface area contributed by atoms with Crippen molar-refractivity contribution in [1.82, 2.24) is 4.98 Å². The van der Waals surface area contributed by atoms with E-state index < -0.39 is 31.9 Å². The van der Waals surface area contributed by atoms with Gasteiger partial charge in [0.1, 0.15) is 22.8 Å². The molecule has 0 radical (unpaired) electrons. The van der Waals surface area contributed by atoms with E-state index in [0.717, 1.165) is 6.07 Å². The van der Waals surface area contributed by atoms with Gasteiger partial charge in [0.25, 0.3) is 0 Å². The van der Waals surface area contributed by atoms with Crippen molar-refractivity contribution >= 4 is 19.2 Å². The Morgan fingerprint density at radius 2 is 1.77 bits per heavy atom. The lowest BCUT2D eigenvalue weighted by Gasteiger charge is -2.37. The van der Waals surface area contributed by atoms with Crippen molar-refractivity contribution in [2.45, 2.75) is 45.0 Å². The van der Waals surface area contributed by atoms with Crippen LogP contribution >= 0.6 is 0 Å². The van der Waals surface area contributed by atoms with Crippen molar-refractivity contribution in [3.05, 3.63) is 65.6 Å². The molecule has 0 spiro atoms. The van der Waals surface area contributed by atoms with Crippen LogP contribution in [0.15, 0.2) is 42.6 Å². The number of hydrogen-bond donors (Lipinski definition) is 0. The molecule has 0 saturated heterocycles. The highest BCUT2D eigenvalue weighted by molar-refractivity contribution is 6.74. The topological polar surface area (TPSA) is 55.1 Å². The third-order valence-corrected chi connectivity index (χ3v) is 10.00. The normalized spacial score (nSPS) is 13.1. The van der Waals surface area contributed by atoms with Gasteiger partial charge in [-0.3, -0.25) is 0 Å². The van der Waals surface area contributed by atoms with E-state index in [1.807, 2.05) is 39.9 Å². The molecule has 1 heterocycles. The van der Waals surface area contributed by atoms with E-state index in [1.54, 1.807) is 0 Å². The number of ether oxygens (including phenoxy) is 1. The van der Waals surface area contributed by atoms with E-state index in [9.17, 15) is 18.4 Å². The molecule has 0 aliphatic carbocycles. The van der Waals surface area contributed by atoms with Gasteiger partial charge < -0.3 is 9.16 Å². The predicted octanol–water partition coefficient (Wildman–Crippen LogP) is 7.03. The van der Waals surface area contributed by atoms with Crippen LogP contribution in [0.4, 0.5) is 13.2 Å². The molecule has 1 unspecified atom stereocenters. The number of fused-ring (bicyclic) bond motifs is 1. The second-order valence-electron chi connectivity index (χ2n) is 8.75. The third kappa shape index (κ3) is 4.58. The average molecular weight is 445 g/mol. The summed E-state index contributed by atoms with van der Waals surface area (Å²) in [7, 11) is -2.39. The van der Waals surface area contributed by atoms with Gasteiger partial charge in [-0.2, -0.15) is 5.26 Å². The van der Waals surface area contributed by atoms with Crippen LogP contribution in [0.5, 0.6) is 11.5 Å². The molecular formula is C23H23F3N2O2Si. The second-order valence-corrected chi connectivity index (χ2v) is 13.5. The minimum atomic E-state index is -2.39. The van der Waals surface area contributed by atoms with Crippen LogP contribution in [-0.4, -0.2) is 13.3 Å². The number of hydrogen-bond acceptors (Lipinski definition) is 4. The Morgan fingerprint density at radius 3 is 2.42 bits per heavy atom. The van der Waals surface area contributed by atoms with Crippen LogP contribution in [0.25, 0.3) is 10.9 Å². The lowest BCUT2D eigenvalue weighted by molar-refractivity contribution is 0.227. The first kappa shape index (κ1) is 22.8.